The fraction of sp³-hybridized carbons (Fsp3) is 1.00. The molecule has 0 aliphatic rings. The molecular formula is C3H11NO6S. The van der Waals surface area contributed by atoms with Gasteiger partial charge in [0.1, 0.15) is 0 Å². The standard InChI is InChI=1S/C3H9NO2.H2O4S/c1-2-3(4,5)6;1-5(2,3)4/h5-6H,2,4H2,1H3;(H2,1,2,3,4). The first-order valence-corrected chi connectivity index (χ1v) is 3.89. The van der Waals surface area contributed by atoms with E-state index in [2.05, 4.69) is 5.73 Å². The average molecular weight is 189 g/mol. The Morgan fingerprint density at radius 1 is 1.36 bits per heavy atom. The summed E-state index contributed by atoms with van der Waals surface area (Å²) < 4.78 is 31.6. The van der Waals surface area contributed by atoms with Crippen LogP contribution in [0, 0.1) is 0 Å². The summed E-state index contributed by atoms with van der Waals surface area (Å²) in [5.74, 6) is -1.96. The smallest absolute Gasteiger partial charge is 0.354 e. The van der Waals surface area contributed by atoms with Crippen molar-refractivity contribution < 1.29 is 27.7 Å². The van der Waals surface area contributed by atoms with Gasteiger partial charge in [-0.25, -0.2) is 0 Å². The maximum absolute atomic E-state index is 8.74. The second-order valence-corrected chi connectivity index (χ2v) is 2.58. The molecule has 6 N–H and O–H groups in total. The molecule has 0 unspecified atom stereocenters. The Bertz CT molecular complexity index is 170. The van der Waals surface area contributed by atoms with Crippen LogP contribution in [0.2, 0.25) is 0 Å². The third-order valence-electron chi connectivity index (χ3n) is 0.520. The lowest BCUT2D eigenvalue weighted by Crippen LogP contribution is -2.37. The third kappa shape index (κ3) is 77.4. The van der Waals surface area contributed by atoms with E-state index in [4.69, 9.17) is 27.7 Å². The van der Waals surface area contributed by atoms with Gasteiger partial charge in [0.15, 0.2) is 0 Å². The molecule has 0 aromatic carbocycles. The molecule has 0 saturated carbocycles. The Morgan fingerprint density at radius 2 is 1.45 bits per heavy atom. The number of rotatable bonds is 1. The van der Waals surface area contributed by atoms with Gasteiger partial charge < -0.3 is 10.2 Å². The number of hydrogen-bond acceptors (Lipinski definition) is 5. The van der Waals surface area contributed by atoms with E-state index in [0.29, 0.717) is 0 Å². The summed E-state index contributed by atoms with van der Waals surface area (Å²) in [7, 11) is -4.67. The van der Waals surface area contributed by atoms with Gasteiger partial charge in [0.2, 0.25) is 5.91 Å². The van der Waals surface area contributed by atoms with Crippen LogP contribution >= 0.6 is 0 Å². The number of aliphatic hydroxyl groups is 2. The largest absolute Gasteiger partial charge is 0.394 e. The Hall–Kier alpha value is -0.250. The minimum Gasteiger partial charge on any atom is -0.354 e. The zero-order valence-corrected chi connectivity index (χ0v) is 6.61. The summed E-state index contributed by atoms with van der Waals surface area (Å²) in [5.41, 5.74) is 4.65. The first-order valence-electron chi connectivity index (χ1n) is 2.50. The highest BCUT2D eigenvalue weighted by Gasteiger charge is 2.09. The summed E-state index contributed by atoms with van der Waals surface area (Å²) in [6, 6.07) is 0. The van der Waals surface area contributed by atoms with Gasteiger partial charge in [0.05, 0.1) is 0 Å². The lowest BCUT2D eigenvalue weighted by molar-refractivity contribution is -0.156. The minimum absolute atomic E-state index is 0.160. The summed E-state index contributed by atoms with van der Waals surface area (Å²) in [6.07, 6.45) is 0.160. The Kier molecular flexibility index (Phi) is 5.57. The van der Waals surface area contributed by atoms with E-state index < -0.39 is 16.3 Å². The molecule has 0 bridgehead atoms. The van der Waals surface area contributed by atoms with Crippen molar-refractivity contribution >= 4 is 10.4 Å². The van der Waals surface area contributed by atoms with Crippen molar-refractivity contribution in [1.29, 1.82) is 0 Å². The summed E-state index contributed by atoms with van der Waals surface area (Å²) in [5, 5.41) is 16.3. The van der Waals surface area contributed by atoms with Crippen molar-refractivity contribution in [2.24, 2.45) is 5.73 Å². The molecule has 0 aromatic rings. The molecule has 0 fully saturated rings. The fourth-order valence-corrected chi connectivity index (χ4v) is 0. The highest BCUT2D eigenvalue weighted by atomic mass is 32.3. The van der Waals surface area contributed by atoms with Gasteiger partial charge in [-0.15, -0.1) is 0 Å². The Morgan fingerprint density at radius 3 is 1.45 bits per heavy atom. The SMILES string of the molecule is CCC(N)(O)O.O=S(=O)(O)O. The van der Waals surface area contributed by atoms with Crippen molar-refractivity contribution in [1.82, 2.24) is 0 Å². The van der Waals surface area contributed by atoms with E-state index in [1.807, 2.05) is 0 Å². The molecule has 8 heteroatoms. The van der Waals surface area contributed by atoms with Gasteiger partial charge in [-0.05, 0) is 0 Å². The maximum Gasteiger partial charge on any atom is 0.394 e. The molecule has 0 saturated heterocycles. The maximum atomic E-state index is 8.74. The molecule has 0 atom stereocenters. The summed E-state index contributed by atoms with van der Waals surface area (Å²) in [4.78, 5) is 0. The van der Waals surface area contributed by atoms with Crippen LogP contribution in [0.25, 0.3) is 0 Å². The van der Waals surface area contributed by atoms with Crippen molar-refractivity contribution in [3.05, 3.63) is 0 Å². The first-order chi connectivity index (χ1) is 4.56. The Labute approximate surface area is 64.0 Å². The molecule has 0 rings (SSSR count). The van der Waals surface area contributed by atoms with Crippen LogP contribution < -0.4 is 5.73 Å². The lowest BCUT2D eigenvalue weighted by atomic mass is 10.4. The molecule has 0 radical (unpaired) electrons. The van der Waals surface area contributed by atoms with Crippen LogP contribution in [0.1, 0.15) is 13.3 Å². The molecule has 0 heterocycles. The van der Waals surface area contributed by atoms with Gasteiger partial charge in [-0.2, -0.15) is 8.42 Å². The first kappa shape index (κ1) is 13.3. The number of hydrogen-bond donors (Lipinski definition) is 5. The predicted molar refractivity (Wildman–Crippen MR) is 35.8 cm³/mol. The molecule has 0 aliphatic heterocycles. The predicted octanol–water partition coefficient (Wildman–Crippen LogP) is -1.66. The van der Waals surface area contributed by atoms with Gasteiger partial charge in [0.25, 0.3) is 0 Å². The fourth-order valence-electron chi connectivity index (χ4n) is 0. The molecule has 11 heavy (non-hydrogen) atoms. The van der Waals surface area contributed by atoms with Crippen LogP contribution in [-0.2, 0) is 10.4 Å². The van der Waals surface area contributed by atoms with Gasteiger partial charge in [-0.3, -0.25) is 14.8 Å². The topological polar surface area (TPSA) is 141 Å². The minimum atomic E-state index is -4.67. The molecule has 0 amide bonds. The molecule has 0 aromatic heterocycles. The highest BCUT2D eigenvalue weighted by Crippen LogP contribution is 1.90. The van der Waals surface area contributed by atoms with Gasteiger partial charge in [0, 0.05) is 6.42 Å². The van der Waals surface area contributed by atoms with Gasteiger partial charge >= 0.3 is 10.4 Å². The molecule has 70 valence electrons. The zero-order chi connectivity index (χ0) is 9.71. The quantitative estimate of drug-likeness (QED) is 0.245. The van der Waals surface area contributed by atoms with E-state index in [-0.39, 0.29) is 6.42 Å². The zero-order valence-electron chi connectivity index (χ0n) is 5.80. The van der Waals surface area contributed by atoms with E-state index in [0.717, 1.165) is 0 Å². The van der Waals surface area contributed by atoms with Crippen LogP contribution in [0.5, 0.6) is 0 Å². The van der Waals surface area contributed by atoms with Crippen molar-refractivity contribution in [3.63, 3.8) is 0 Å². The summed E-state index contributed by atoms with van der Waals surface area (Å²) in [6.45, 7) is 1.58. The van der Waals surface area contributed by atoms with E-state index in [1.165, 1.54) is 0 Å². The highest BCUT2D eigenvalue weighted by molar-refractivity contribution is 7.79. The average Bonchev–Trinajstić information content (AvgIpc) is 1.59. The molecule has 0 aliphatic carbocycles. The van der Waals surface area contributed by atoms with Crippen LogP contribution in [0.3, 0.4) is 0 Å². The van der Waals surface area contributed by atoms with Crippen LogP contribution in [0.15, 0.2) is 0 Å². The Balaban J connectivity index is 0. The van der Waals surface area contributed by atoms with E-state index >= 15 is 0 Å². The number of nitrogens with two attached hydrogens (primary N) is 1. The van der Waals surface area contributed by atoms with Gasteiger partial charge in [-0.1, -0.05) is 6.92 Å². The molecule has 0 spiro atoms. The summed E-state index contributed by atoms with van der Waals surface area (Å²) >= 11 is 0. The lowest BCUT2D eigenvalue weighted by Gasteiger charge is -2.10. The van der Waals surface area contributed by atoms with Crippen LogP contribution in [0.4, 0.5) is 0 Å². The van der Waals surface area contributed by atoms with E-state index in [1.54, 1.807) is 6.92 Å². The van der Waals surface area contributed by atoms with Crippen LogP contribution in [-0.4, -0.2) is 33.6 Å². The molecular weight excluding hydrogens is 178 g/mol. The van der Waals surface area contributed by atoms with E-state index in [9.17, 15) is 0 Å². The van der Waals surface area contributed by atoms with Crippen molar-refractivity contribution in [3.8, 4) is 0 Å². The van der Waals surface area contributed by atoms with Crippen molar-refractivity contribution in [2.75, 3.05) is 0 Å². The monoisotopic (exact) mass is 189 g/mol. The molecule has 7 nitrogen and oxygen atoms in total. The normalized spacial score (nSPS) is 11.8. The third-order valence-corrected chi connectivity index (χ3v) is 0.520. The van der Waals surface area contributed by atoms with Crippen molar-refractivity contribution in [2.45, 2.75) is 19.3 Å². The second kappa shape index (κ2) is 4.59. The second-order valence-electron chi connectivity index (χ2n) is 1.68.